The van der Waals surface area contributed by atoms with Crippen molar-refractivity contribution >= 4 is 40.9 Å². The summed E-state index contributed by atoms with van der Waals surface area (Å²) in [6.07, 6.45) is 2.07. The van der Waals surface area contributed by atoms with Crippen LogP contribution in [0.25, 0.3) is 0 Å². The van der Waals surface area contributed by atoms with E-state index in [1.165, 1.54) is 0 Å². The highest BCUT2D eigenvalue weighted by Crippen LogP contribution is 2.25. The van der Waals surface area contributed by atoms with Gasteiger partial charge in [-0.3, -0.25) is 19.3 Å². The maximum atomic E-state index is 12.8. The van der Waals surface area contributed by atoms with Gasteiger partial charge in [0.15, 0.2) is 0 Å². The van der Waals surface area contributed by atoms with Crippen molar-refractivity contribution in [3.05, 3.63) is 81.0 Å². The van der Waals surface area contributed by atoms with Crippen LogP contribution in [0.1, 0.15) is 34.3 Å². The molecule has 7 nitrogen and oxygen atoms in total. The van der Waals surface area contributed by atoms with Gasteiger partial charge in [-0.25, -0.2) is 0 Å². The van der Waals surface area contributed by atoms with Crippen LogP contribution in [0.4, 0.5) is 0 Å². The maximum Gasteiger partial charge on any atom is 0.278 e. The molecule has 2 aliphatic heterocycles. The molecule has 2 N–H and O–H groups in total. The van der Waals surface area contributed by atoms with E-state index < -0.39 is 11.8 Å². The number of hydrogen-bond donors (Lipinski definition) is 2. The summed E-state index contributed by atoms with van der Waals surface area (Å²) in [7, 11) is 0. The van der Waals surface area contributed by atoms with Gasteiger partial charge in [0, 0.05) is 30.3 Å². The minimum Gasteiger partial charge on any atom is -0.376 e. The molecule has 2 aromatic carbocycles. The van der Waals surface area contributed by atoms with Crippen LogP contribution in [0.3, 0.4) is 0 Å². The Hall–Kier alpha value is -2.87. The predicted molar refractivity (Wildman–Crippen MR) is 124 cm³/mol. The van der Waals surface area contributed by atoms with Crippen molar-refractivity contribution < 1.29 is 19.1 Å². The fourth-order valence-electron chi connectivity index (χ4n) is 3.69. The SMILES string of the molecule is O=C(NCC1CCCO1)c1ccc(CNC2=C(Cl)C(=O)N(Cc3ccc(Cl)cc3)C2=O)cc1. The van der Waals surface area contributed by atoms with Gasteiger partial charge in [0.1, 0.15) is 10.7 Å². The summed E-state index contributed by atoms with van der Waals surface area (Å²) in [5.41, 5.74) is 2.20. The Morgan fingerprint density at radius 1 is 1.00 bits per heavy atom. The lowest BCUT2D eigenvalue weighted by Crippen LogP contribution is -2.33. The molecule has 1 atom stereocenters. The number of nitrogens with zero attached hydrogens (tertiary/aromatic N) is 1. The smallest absolute Gasteiger partial charge is 0.278 e. The van der Waals surface area contributed by atoms with Crippen molar-refractivity contribution in [2.24, 2.45) is 0 Å². The molecule has 0 saturated carbocycles. The summed E-state index contributed by atoms with van der Waals surface area (Å²) in [5.74, 6) is -1.19. The summed E-state index contributed by atoms with van der Waals surface area (Å²) >= 11 is 12.0. The van der Waals surface area contributed by atoms with E-state index in [0.717, 1.165) is 35.5 Å². The van der Waals surface area contributed by atoms with Crippen molar-refractivity contribution in [1.82, 2.24) is 15.5 Å². The summed E-state index contributed by atoms with van der Waals surface area (Å²) in [4.78, 5) is 38.6. The zero-order chi connectivity index (χ0) is 23.4. The van der Waals surface area contributed by atoms with Crippen LogP contribution in [0.5, 0.6) is 0 Å². The van der Waals surface area contributed by atoms with Gasteiger partial charge < -0.3 is 15.4 Å². The molecule has 0 bridgehead atoms. The first-order chi connectivity index (χ1) is 15.9. The molecule has 9 heteroatoms. The molecule has 2 heterocycles. The molecule has 0 radical (unpaired) electrons. The Labute approximate surface area is 201 Å². The quantitative estimate of drug-likeness (QED) is 0.557. The second-order valence-corrected chi connectivity index (χ2v) is 8.72. The van der Waals surface area contributed by atoms with Gasteiger partial charge >= 0.3 is 0 Å². The molecule has 0 spiro atoms. The summed E-state index contributed by atoms with van der Waals surface area (Å²) in [6, 6.07) is 13.9. The number of hydrogen-bond acceptors (Lipinski definition) is 5. The number of halogens is 2. The zero-order valence-electron chi connectivity index (χ0n) is 17.8. The van der Waals surface area contributed by atoms with Crippen molar-refractivity contribution in [2.75, 3.05) is 13.2 Å². The number of rotatable bonds is 8. The number of carbonyl (C=O) groups is 3. The van der Waals surface area contributed by atoms with Crippen LogP contribution in [-0.4, -0.2) is 41.9 Å². The highest BCUT2D eigenvalue weighted by molar-refractivity contribution is 6.47. The van der Waals surface area contributed by atoms with Gasteiger partial charge in [-0.15, -0.1) is 0 Å². The molecule has 172 valence electrons. The van der Waals surface area contributed by atoms with Crippen molar-refractivity contribution in [3.8, 4) is 0 Å². The van der Waals surface area contributed by atoms with Crippen LogP contribution in [0.15, 0.2) is 59.3 Å². The van der Waals surface area contributed by atoms with E-state index in [9.17, 15) is 14.4 Å². The van der Waals surface area contributed by atoms with Gasteiger partial charge in [-0.2, -0.15) is 0 Å². The molecule has 1 unspecified atom stereocenters. The topological polar surface area (TPSA) is 87.7 Å². The highest BCUT2D eigenvalue weighted by atomic mass is 35.5. The average molecular weight is 488 g/mol. The second-order valence-electron chi connectivity index (χ2n) is 7.91. The van der Waals surface area contributed by atoms with E-state index in [1.807, 2.05) is 0 Å². The molecule has 2 aromatic rings. The van der Waals surface area contributed by atoms with Crippen LogP contribution in [0.2, 0.25) is 5.02 Å². The molecule has 4 rings (SSSR count). The van der Waals surface area contributed by atoms with E-state index in [1.54, 1.807) is 48.5 Å². The molecule has 1 fully saturated rings. The highest BCUT2D eigenvalue weighted by Gasteiger charge is 2.37. The summed E-state index contributed by atoms with van der Waals surface area (Å²) in [5, 5.41) is 6.28. The Balaban J connectivity index is 1.32. The second kappa shape index (κ2) is 10.4. The van der Waals surface area contributed by atoms with Crippen LogP contribution >= 0.6 is 23.2 Å². The largest absolute Gasteiger partial charge is 0.376 e. The fourth-order valence-corrected chi connectivity index (χ4v) is 4.07. The molecule has 3 amide bonds. The Morgan fingerprint density at radius 2 is 1.70 bits per heavy atom. The third-order valence-corrected chi connectivity index (χ3v) is 6.17. The van der Waals surface area contributed by atoms with E-state index in [2.05, 4.69) is 10.6 Å². The normalized spacial score (nSPS) is 18.2. The van der Waals surface area contributed by atoms with Crippen LogP contribution < -0.4 is 10.6 Å². The lowest BCUT2D eigenvalue weighted by atomic mass is 10.1. The zero-order valence-corrected chi connectivity index (χ0v) is 19.3. The first kappa shape index (κ1) is 23.3. The van der Waals surface area contributed by atoms with Gasteiger partial charge in [0.05, 0.1) is 12.6 Å². The van der Waals surface area contributed by atoms with Crippen molar-refractivity contribution in [2.45, 2.75) is 32.0 Å². The number of nitrogens with one attached hydrogen (secondary N) is 2. The maximum absolute atomic E-state index is 12.8. The first-order valence-corrected chi connectivity index (χ1v) is 11.4. The molecular weight excluding hydrogens is 465 g/mol. The van der Waals surface area contributed by atoms with Gasteiger partial charge in [-0.05, 0) is 48.2 Å². The van der Waals surface area contributed by atoms with E-state index in [0.29, 0.717) is 17.1 Å². The number of carbonyl (C=O) groups excluding carboxylic acids is 3. The lowest BCUT2D eigenvalue weighted by molar-refractivity contribution is -0.138. The molecule has 33 heavy (non-hydrogen) atoms. The minimum absolute atomic E-state index is 0.0639. The number of benzene rings is 2. The lowest BCUT2D eigenvalue weighted by Gasteiger charge is -2.15. The fraction of sp³-hybridized carbons (Fsp3) is 0.292. The van der Waals surface area contributed by atoms with E-state index in [4.69, 9.17) is 27.9 Å². The van der Waals surface area contributed by atoms with Crippen LogP contribution in [0, 0.1) is 0 Å². The Kier molecular flexibility index (Phi) is 7.33. The van der Waals surface area contributed by atoms with Crippen molar-refractivity contribution in [3.63, 3.8) is 0 Å². The molecule has 2 aliphatic rings. The van der Waals surface area contributed by atoms with Crippen molar-refractivity contribution in [1.29, 1.82) is 0 Å². The number of imide groups is 1. The van der Waals surface area contributed by atoms with Gasteiger partial charge in [-0.1, -0.05) is 47.5 Å². The van der Waals surface area contributed by atoms with Crippen LogP contribution in [-0.2, 0) is 27.4 Å². The number of ether oxygens (including phenoxy) is 1. The third kappa shape index (κ3) is 5.55. The van der Waals surface area contributed by atoms with E-state index in [-0.39, 0.29) is 35.8 Å². The predicted octanol–water partition coefficient (Wildman–Crippen LogP) is 3.36. The number of amides is 3. The first-order valence-electron chi connectivity index (χ1n) is 10.7. The molecular formula is C24H23Cl2N3O4. The van der Waals surface area contributed by atoms with E-state index >= 15 is 0 Å². The molecule has 0 aliphatic carbocycles. The summed E-state index contributed by atoms with van der Waals surface area (Å²) < 4.78 is 5.51. The minimum atomic E-state index is -0.544. The van der Waals surface area contributed by atoms with Gasteiger partial charge in [0.25, 0.3) is 17.7 Å². The summed E-state index contributed by atoms with van der Waals surface area (Å²) in [6.45, 7) is 1.62. The Bertz CT molecular complexity index is 1080. The van der Waals surface area contributed by atoms with Gasteiger partial charge in [0.2, 0.25) is 0 Å². The molecule has 1 saturated heterocycles. The standard InChI is InChI=1S/C24H23Cl2N3O4/c25-18-9-5-16(6-10-18)14-29-23(31)20(26)21(24(29)32)27-12-15-3-7-17(8-4-15)22(30)28-13-19-2-1-11-33-19/h3-10,19,27H,1-2,11-14H2,(H,28,30). The third-order valence-electron chi connectivity index (χ3n) is 5.57. The molecule has 0 aromatic heterocycles. The monoisotopic (exact) mass is 487 g/mol. The average Bonchev–Trinajstić information content (AvgIpc) is 3.41. The Morgan fingerprint density at radius 3 is 2.36 bits per heavy atom.